The summed E-state index contributed by atoms with van der Waals surface area (Å²) in [5, 5.41) is 3.23. The lowest BCUT2D eigenvalue weighted by Gasteiger charge is -2.35. The molecule has 1 N–H and O–H groups in total. The van der Waals surface area contributed by atoms with E-state index in [2.05, 4.69) is 22.2 Å². The fourth-order valence-corrected chi connectivity index (χ4v) is 4.92. The maximum Gasteiger partial charge on any atom is 0.274 e. The molecule has 2 aliphatic rings. The van der Waals surface area contributed by atoms with Crippen molar-refractivity contribution in [2.45, 2.75) is 71.4 Å². The highest BCUT2D eigenvalue weighted by molar-refractivity contribution is 5.98. The number of rotatable bonds is 6. The first kappa shape index (κ1) is 18.4. The van der Waals surface area contributed by atoms with E-state index in [1.165, 1.54) is 19.3 Å². The van der Waals surface area contributed by atoms with Gasteiger partial charge in [-0.15, -0.1) is 0 Å². The number of carbonyl (C=O) groups excluding carboxylic acids is 1. The molecule has 4 atom stereocenters. The van der Waals surface area contributed by atoms with Crippen molar-refractivity contribution in [1.29, 1.82) is 0 Å². The topological polar surface area (TPSA) is 68.5 Å². The molecule has 1 unspecified atom stereocenters. The number of nitrogens with zero attached hydrogens (tertiary/aromatic N) is 3. The second kappa shape index (κ2) is 7.58. The third-order valence-electron chi connectivity index (χ3n) is 6.19. The van der Waals surface area contributed by atoms with Crippen molar-refractivity contribution < 1.29 is 9.53 Å². The van der Waals surface area contributed by atoms with Gasteiger partial charge in [0.25, 0.3) is 5.91 Å². The van der Waals surface area contributed by atoms with E-state index in [1.807, 2.05) is 24.3 Å². The van der Waals surface area contributed by atoms with E-state index < -0.39 is 0 Å². The molecule has 2 bridgehead atoms. The lowest BCUT2D eigenvalue weighted by molar-refractivity contribution is -0.0263. The number of nitrogens with one attached hydrogen (secondary N) is 1. The molecule has 6 heteroatoms. The van der Waals surface area contributed by atoms with Crippen LogP contribution in [0, 0.1) is 25.7 Å². The summed E-state index contributed by atoms with van der Waals surface area (Å²) in [5.41, 5.74) is 3.00. The van der Waals surface area contributed by atoms with Crippen molar-refractivity contribution in [2.75, 3.05) is 6.61 Å². The summed E-state index contributed by atoms with van der Waals surface area (Å²) >= 11 is 0. The number of hydrogen-bond donors (Lipinski definition) is 1. The normalized spacial score (nSPS) is 27.2. The van der Waals surface area contributed by atoms with Crippen molar-refractivity contribution >= 4 is 11.6 Å². The second-order valence-corrected chi connectivity index (χ2v) is 8.25. The van der Waals surface area contributed by atoms with E-state index >= 15 is 0 Å². The van der Waals surface area contributed by atoms with Crippen LogP contribution in [0.3, 0.4) is 0 Å². The molecule has 4 rings (SSSR count). The van der Waals surface area contributed by atoms with Crippen LogP contribution in [-0.2, 0) is 4.74 Å². The van der Waals surface area contributed by atoms with Gasteiger partial charge in [0.2, 0.25) is 0 Å². The monoisotopic (exact) mass is 370 g/mol. The highest BCUT2D eigenvalue weighted by atomic mass is 16.5. The van der Waals surface area contributed by atoms with Gasteiger partial charge in [0.1, 0.15) is 6.33 Å². The minimum Gasteiger partial charge on any atom is -0.378 e. The first-order chi connectivity index (χ1) is 13.1. The Hall–Kier alpha value is -1.95. The molecule has 27 heavy (non-hydrogen) atoms. The van der Waals surface area contributed by atoms with Crippen LogP contribution in [0.15, 0.2) is 12.4 Å². The third kappa shape index (κ3) is 3.59. The Bertz CT molecular complexity index is 817. The van der Waals surface area contributed by atoms with Gasteiger partial charge in [-0.3, -0.25) is 9.20 Å². The molecule has 2 aromatic heterocycles. The predicted molar refractivity (Wildman–Crippen MR) is 104 cm³/mol. The maximum atomic E-state index is 12.9. The fraction of sp³-hybridized carbons (Fsp3) is 0.667. The minimum absolute atomic E-state index is 0.107. The summed E-state index contributed by atoms with van der Waals surface area (Å²) in [5.74, 6) is 1.05. The summed E-state index contributed by atoms with van der Waals surface area (Å²) in [6, 6.07) is 2.21. The van der Waals surface area contributed by atoms with Crippen LogP contribution < -0.4 is 5.32 Å². The number of hydrogen-bond acceptors (Lipinski definition) is 4. The quantitative estimate of drug-likeness (QED) is 0.791. The number of aromatic nitrogens is 3. The molecule has 2 heterocycles. The lowest BCUT2D eigenvalue weighted by atomic mass is 9.82. The molecule has 2 saturated carbocycles. The zero-order valence-electron chi connectivity index (χ0n) is 16.6. The zero-order chi connectivity index (χ0) is 19.0. The van der Waals surface area contributed by atoms with Crippen molar-refractivity contribution in [2.24, 2.45) is 11.8 Å². The van der Waals surface area contributed by atoms with Gasteiger partial charge < -0.3 is 10.1 Å². The van der Waals surface area contributed by atoms with Crippen LogP contribution in [-0.4, -0.2) is 39.0 Å². The van der Waals surface area contributed by atoms with Crippen LogP contribution >= 0.6 is 0 Å². The average Bonchev–Trinajstić information content (AvgIpc) is 3.14. The molecular formula is C21H30N4O2. The van der Waals surface area contributed by atoms with Crippen molar-refractivity contribution in [3.8, 4) is 0 Å². The van der Waals surface area contributed by atoms with Crippen LogP contribution in [0.25, 0.3) is 5.65 Å². The number of amides is 1. The Morgan fingerprint density at radius 3 is 2.74 bits per heavy atom. The van der Waals surface area contributed by atoms with Crippen LogP contribution in [0.5, 0.6) is 0 Å². The zero-order valence-corrected chi connectivity index (χ0v) is 16.6. The molecule has 2 aromatic rings. The number of carbonyl (C=O) groups is 1. The second-order valence-electron chi connectivity index (χ2n) is 8.25. The number of fused-ring (bicyclic) bond motifs is 3. The summed E-state index contributed by atoms with van der Waals surface area (Å²) in [4.78, 5) is 21.7. The Kier molecular flexibility index (Phi) is 5.17. The summed E-state index contributed by atoms with van der Waals surface area (Å²) in [6.45, 7) is 7.01. The smallest absolute Gasteiger partial charge is 0.274 e. The molecular weight excluding hydrogens is 340 g/mol. The van der Waals surface area contributed by atoms with E-state index in [0.717, 1.165) is 37.3 Å². The minimum atomic E-state index is -0.107. The number of aryl methyl sites for hydroxylation is 2. The van der Waals surface area contributed by atoms with Gasteiger partial charge in [-0.05, 0) is 63.9 Å². The summed E-state index contributed by atoms with van der Waals surface area (Å²) < 4.78 is 8.06. The molecule has 0 spiro atoms. The van der Waals surface area contributed by atoms with Crippen LogP contribution in [0.2, 0.25) is 0 Å². The largest absolute Gasteiger partial charge is 0.378 e. The Morgan fingerprint density at radius 1 is 1.30 bits per heavy atom. The van der Waals surface area contributed by atoms with Gasteiger partial charge in [0.15, 0.2) is 11.3 Å². The van der Waals surface area contributed by atoms with E-state index in [1.54, 1.807) is 6.33 Å². The molecule has 1 amide bonds. The van der Waals surface area contributed by atoms with Crippen molar-refractivity contribution in [3.05, 3.63) is 29.5 Å². The highest BCUT2D eigenvalue weighted by Gasteiger charge is 2.43. The maximum absolute atomic E-state index is 12.9. The Balaban J connectivity index is 1.43. The third-order valence-corrected chi connectivity index (χ3v) is 6.19. The molecule has 0 radical (unpaired) electrons. The number of unbranched alkanes of at least 4 members (excludes halogenated alkanes) is 1. The Morgan fingerprint density at radius 2 is 2.04 bits per heavy atom. The summed E-state index contributed by atoms with van der Waals surface area (Å²) in [6.07, 6.45) is 8.86. The van der Waals surface area contributed by atoms with E-state index in [-0.39, 0.29) is 11.9 Å². The standard InChI is InChI=1S/C21H30N4O2/c1-4-5-8-27-19-15-6-7-16(19)11-17(10-15)24-21(26)18-20-23-13(2)9-14(3)25(20)12-22-18/h9,12,15-17,19H,4-8,10-11H2,1-3H3,(H,24,26)/t15-,16?,17+,19-/m0/s1. The molecule has 2 aliphatic carbocycles. The van der Waals surface area contributed by atoms with Gasteiger partial charge in [-0.2, -0.15) is 0 Å². The van der Waals surface area contributed by atoms with E-state index in [4.69, 9.17) is 4.74 Å². The van der Waals surface area contributed by atoms with E-state index in [0.29, 0.717) is 29.3 Å². The number of ether oxygens (including phenoxy) is 1. The van der Waals surface area contributed by atoms with Gasteiger partial charge in [0, 0.05) is 24.0 Å². The van der Waals surface area contributed by atoms with E-state index in [9.17, 15) is 4.79 Å². The first-order valence-corrected chi connectivity index (χ1v) is 10.3. The van der Waals surface area contributed by atoms with Crippen LogP contribution in [0.4, 0.5) is 0 Å². The highest BCUT2D eigenvalue weighted by Crippen LogP contribution is 2.44. The molecule has 0 saturated heterocycles. The van der Waals surface area contributed by atoms with Gasteiger partial charge in [0.05, 0.1) is 6.10 Å². The van der Waals surface area contributed by atoms with Gasteiger partial charge in [-0.25, -0.2) is 9.97 Å². The average molecular weight is 370 g/mol. The van der Waals surface area contributed by atoms with Crippen LogP contribution in [0.1, 0.15) is 67.3 Å². The van der Waals surface area contributed by atoms with Crippen molar-refractivity contribution in [1.82, 2.24) is 19.7 Å². The number of imidazole rings is 1. The molecule has 6 nitrogen and oxygen atoms in total. The predicted octanol–water partition coefficient (Wildman–Crippen LogP) is 3.45. The molecule has 146 valence electrons. The first-order valence-electron chi connectivity index (χ1n) is 10.3. The fourth-order valence-electron chi connectivity index (χ4n) is 4.92. The molecule has 2 fully saturated rings. The van der Waals surface area contributed by atoms with Gasteiger partial charge >= 0.3 is 0 Å². The van der Waals surface area contributed by atoms with Gasteiger partial charge in [-0.1, -0.05) is 13.3 Å². The Labute approximate surface area is 160 Å². The summed E-state index contributed by atoms with van der Waals surface area (Å²) in [7, 11) is 0. The van der Waals surface area contributed by atoms with Crippen molar-refractivity contribution in [3.63, 3.8) is 0 Å². The lowest BCUT2D eigenvalue weighted by Crippen LogP contribution is -2.44. The molecule has 0 aliphatic heterocycles. The SMILES string of the molecule is CCCCO[C@@H]1C2CC[C@H]1C[C@@H](NC(=O)c1ncn3c(C)cc(C)nc13)C2. The molecule has 0 aromatic carbocycles.